The highest BCUT2D eigenvalue weighted by atomic mass is 35.5. The maximum absolute atomic E-state index is 10.4. The summed E-state index contributed by atoms with van der Waals surface area (Å²) in [6.45, 7) is 1.79. The molecule has 1 heterocycles. The van der Waals surface area contributed by atoms with Gasteiger partial charge >= 0.3 is 5.97 Å². The summed E-state index contributed by atoms with van der Waals surface area (Å²) in [5.74, 6) is -0.843. The molecule has 0 radical (unpaired) electrons. The lowest BCUT2D eigenvalue weighted by Gasteiger charge is -2.34. The van der Waals surface area contributed by atoms with E-state index in [0.29, 0.717) is 10.6 Å². The van der Waals surface area contributed by atoms with E-state index >= 15 is 0 Å². The average molecular weight is 309 g/mol. The first-order chi connectivity index (χ1) is 10.1. The van der Waals surface area contributed by atoms with Crippen molar-refractivity contribution in [1.29, 1.82) is 5.26 Å². The third-order valence-electron chi connectivity index (χ3n) is 3.56. The van der Waals surface area contributed by atoms with Crippen LogP contribution in [0.5, 0.6) is 0 Å². The predicted molar refractivity (Wildman–Crippen MR) is 79.6 cm³/mol. The molecule has 5 nitrogen and oxygen atoms in total. The van der Waals surface area contributed by atoms with Crippen LogP contribution in [0.4, 0.5) is 5.69 Å². The number of nitrogens with zero attached hydrogens (tertiary/aromatic N) is 2. The largest absolute Gasteiger partial charge is 0.481 e. The van der Waals surface area contributed by atoms with Gasteiger partial charge in [-0.1, -0.05) is 17.7 Å². The monoisotopic (exact) mass is 308 g/mol. The van der Waals surface area contributed by atoms with Crippen molar-refractivity contribution in [1.82, 2.24) is 0 Å². The number of nitriles is 1. The van der Waals surface area contributed by atoms with E-state index in [9.17, 15) is 10.1 Å². The quantitative estimate of drug-likeness (QED) is 0.905. The number of anilines is 1. The highest BCUT2D eigenvalue weighted by molar-refractivity contribution is 6.32. The Morgan fingerprint density at radius 2 is 2.19 bits per heavy atom. The second-order valence-electron chi connectivity index (χ2n) is 4.95. The lowest BCUT2D eigenvalue weighted by atomic mass is 10.1. The highest BCUT2D eigenvalue weighted by Crippen LogP contribution is 2.29. The Bertz CT molecular complexity index is 548. The number of aliphatic carboxylic acids is 1. The summed E-state index contributed by atoms with van der Waals surface area (Å²) in [5.41, 5.74) is 1.36. The molecule has 0 aromatic heterocycles. The molecule has 0 aliphatic carbocycles. The van der Waals surface area contributed by atoms with Gasteiger partial charge in [0, 0.05) is 13.1 Å². The number of rotatable bonds is 5. The maximum Gasteiger partial charge on any atom is 0.305 e. The summed E-state index contributed by atoms with van der Waals surface area (Å²) >= 11 is 6.05. The van der Waals surface area contributed by atoms with Crippen LogP contribution in [0.15, 0.2) is 18.2 Å². The van der Waals surface area contributed by atoms with Crippen LogP contribution in [0.2, 0.25) is 5.02 Å². The molecule has 0 saturated carbocycles. The van der Waals surface area contributed by atoms with Gasteiger partial charge in [0.15, 0.2) is 0 Å². The minimum absolute atomic E-state index is 0.0348. The molecule has 6 heteroatoms. The molecule has 21 heavy (non-hydrogen) atoms. The van der Waals surface area contributed by atoms with E-state index in [-0.39, 0.29) is 19.1 Å². The molecule has 1 N–H and O–H groups in total. The van der Waals surface area contributed by atoms with Gasteiger partial charge in [0.2, 0.25) is 0 Å². The van der Waals surface area contributed by atoms with Gasteiger partial charge in [-0.25, -0.2) is 0 Å². The van der Waals surface area contributed by atoms with E-state index in [4.69, 9.17) is 21.4 Å². The van der Waals surface area contributed by atoms with Crippen LogP contribution in [-0.4, -0.2) is 36.9 Å². The van der Waals surface area contributed by atoms with Gasteiger partial charge in [0.1, 0.15) is 6.07 Å². The Hall–Kier alpha value is -1.77. The van der Waals surface area contributed by atoms with Crippen molar-refractivity contribution in [3.05, 3.63) is 28.8 Å². The molecular weight excluding hydrogens is 292 g/mol. The van der Waals surface area contributed by atoms with Gasteiger partial charge in [-0.2, -0.15) is 5.26 Å². The van der Waals surface area contributed by atoms with Crippen molar-refractivity contribution >= 4 is 23.3 Å². The van der Waals surface area contributed by atoms with Crippen molar-refractivity contribution in [2.24, 2.45) is 0 Å². The minimum Gasteiger partial charge on any atom is -0.481 e. The Kier molecular flexibility index (Phi) is 5.43. The van der Waals surface area contributed by atoms with Crippen molar-refractivity contribution in [3.8, 4) is 6.07 Å². The molecule has 1 aliphatic heterocycles. The molecule has 1 fully saturated rings. The van der Waals surface area contributed by atoms with Gasteiger partial charge < -0.3 is 14.7 Å². The molecule has 2 rings (SSSR count). The maximum atomic E-state index is 10.4. The Morgan fingerprint density at radius 3 is 2.81 bits per heavy atom. The molecule has 0 unspecified atom stereocenters. The summed E-state index contributed by atoms with van der Waals surface area (Å²) in [5, 5.41) is 18.3. The fourth-order valence-electron chi connectivity index (χ4n) is 2.46. The zero-order valence-corrected chi connectivity index (χ0v) is 12.3. The smallest absolute Gasteiger partial charge is 0.305 e. The average Bonchev–Trinajstić information content (AvgIpc) is 2.47. The zero-order valence-electron chi connectivity index (χ0n) is 11.6. The molecular formula is C15H17ClN2O3. The molecule has 1 aromatic rings. The molecule has 0 atom stereocenters. The number of carbonyl (C=O) groups is 1. The van der Waals surface area contributed by atoms with Crippen LogP contribution in [-0.2, 0) is 9.53 Å². The van der Waals surface area contributed by atoms with Gasteiger partial charge in [-0.05, 0) is 25.0 Å². The van der Waals surface area contributed by atoms with E-state index in [1.54, 1.807) is 6.07 Å². The number of hydrogen-bond acceptors (Lipinski definition) is 4. The third-order valence-corrected chi connectivity index (χ3v) is 3.87. The normalized spacial score (nSPS) is 15.7. The predicted octanol–water partition coefficient (Wildman–Crippen LogP) is 2.67. The van der Waals surface area contributed by atoms with Crippen LogP contribution >= 0.6 is 11.6 Å². The SMILES string of the molecule is N#Cc1c(Cl)cccc1N1CCC(OCCC(=O)O)CC1. The molecule has 1 aromatic carbocycles. The van der Waals surface area contributed by atoms with E-state index in [0.717, 1.165) is 31.6 Å². The lowest BCUT2D eigenvalue weighted by Crippen LogP contribution is -2.37. The van der Waals surface area contributed by atoms with E-state index in [2.05, 4.69) is 11.0 Å². The van der Waals surface area contributed by atoms with Crippen LogP contribution in [0.3, 0.4) is 0 Å². The van der Waals surface area contributed by atoms with Crippen LogP contribution < -0.4 is 4.90 Å². The highest BCUT2D eigenvalue weighted by Gasteiger charge is 2.22. The van der Waals surface area contributed by atoms with Crippen molar-refractivity contribution in [3.63, 3.8) is 0 Å². The van der Waals surface area contributed by atoms with Gasteiger partial charge in [0.25, 0.3) is 0 Å². The summed E-state index contributed by atoms with van der Waals surface area (Å²) in [7, 11) is 0. The zero-order chi connectivity index (χ0) is 15.2. The van der Waals surface area contributed by atoms with E-state index < -0.39 is 5.97 Å². The molecule has 112 valence electrons. The molecule has 0 amide bonds. The minimum atomic E-state index is -0.843. The summed E-state index contributed by atoms with van der Waals surface area (Å²) in [6.07, 6.45) is 1.76. The molecule has 1 saturated heterocycles. The number of hydrogen-bond donors (Lipinski definition) is 1. The number of halogens is 1. The number of ether oxygens (including phenoxy) is 1. The Labute approximate surface area is 128 Å². The fourth-order valence-corrected chi connectivity index (χ4v) is 2.68. The molecule has 1 aliphatic rings. The lowest BCUT2D eigenvalue weighted by molar-refractivity contribution is -0.138. The summed E-state index contributed by atoms with van der Waals surface area (Å²) in [6, 6.07) is 7.60. The number of piperidine rings is 1. The standard InChI is InChI=1S/C15H17ClN2O3/c16-13-2-1-3-14(12(13)10-17)18-7-4-11(5-8-18)21-9-6-15(19)20/h1-3,11H,4-9H2,(H,19,20). The Morgan fingerprint density at radius 1 is 1.48 bits per heavy atom. The topological polar surface area (TPSA) is 73.6 Å². The van der Waals surface area contributed by atoms with Crippen molar-refractivity contribution < 1.29 is 14.6 Å². The second kappa shape index (κ2) is 7.30. The van der Waals surface area contributed by atoms with Gasteiger partial charge in [-0.3, -0.25) is 4.79 Å². The van der Waals surface area contributed by atoms with Crippen molar-refractivity contribution in [2.45, 2.75) is 25.4 Å². The number of benzene rings is 1. The molecule has 0 bridgehead atoms. The van der Waals surface area contributed by atoms with Crippen molar-refractivity contribution in [2.75, 3.05) is 24.6 Å². The van der Waals surface area contributed by atoms with Gasteiger partial charge in [0.05, 0.1) is 35.4 Å². The number of carboxylic acids is 1. The summed E-state index contributed by atoms with van der Waals surface area (Å²) < 4.78 is 5.56. The van der Waals surface area contributed by atoms with E-state index in [1.807, 2.05) is 12.1 Å². The van der Waals surface area contributed by atoms with Crippen LogP contribution in [0.1, 0.15) is 24.8 Å². The Balaban J connectivity index is 1.91. The van der Waals surface area contributed by atoms with Crippen LogP contribution in [0, 0.1) is 11.3 Å². The van der Waals surface area contributed by atoms with E-state index in [1.165, 1.54) is 0 Å². The second-order valence-corrected chi connectivity index (χ2v) is 5.35. The fraction of sp³-hybridized carbons (Fsp3) is 0.467. The first kappa shape index (κ1) is 15.6. The first-order valence-corrected chi connectivity index (χ1v) is 7.26. The first-order valence-electron chi connectivity index (χ1n) is 6.88. The third kappa shape index (κ3) is 4.10. The molecule has 0 spiro atoms. The summed E-state index contributed by atoms with van der Waals surface area (Å²) in [4.78, 5) is 12.6. The van der Waals surface area contributed by atoms with Crippen LogP contribution in [0.25, 0.3) is 0 Å². The van der Waals surface area contributed by atoms with Gasteiger partial charge in [-0.15, -0.1) is 0 Å². The number of carboxylic acid groups (broad SMARTS) is 1.